The number of halogens is 1. The number of Topliss-reactive ketones (excluding diaryl/α,β-unsaturated/α-hetero) is 1. The number of benzene rings is 1. The molecule has 10 nitrogen and oxygen atoms in total. The molecule has 1 aromatic heterocycles. The van der Waals surface area contributed by atoms with Crippen molar-refractivity contribution in [2.24, 2.45) is 0 Å². The summed E-state index contributed by atoms with van der Waals surface area (Å²) in [5.41, 5.74) is -1.07. The number of rotatable bonds is 10. The molecule has 0 aliphatic rings. The lowest BCUT2D eigenvalue weighted by atomic mass is 10.0. The molecule has 1 aromatic carbocycles. The lowest BCUT2D eigenvalue weighted by Crippen LogP contribution is -2.40. The van der Waals surface area contributed by atoms with Crippen LogP contribution < -0.4 is 5.56 Å². The Bertz CT molecular complexity index is 1140. The Balaban J connectivity index is 2.35. The van der Waals surface area contributed by atoms with Crippen molar-refractivity contribution in [3.05, 3.63) is 57.0 Å². The van der Waals surface area contributed by atoms with Crippen LogP contribution in [0.1, 0.15) is 67.6 Å². The van der Waals surface area contributed by atoms with Gasteiger partial charge in [0, 0.05) is 13.5 Å². The first-order valence-corrected chi connectivity index (χ1v) is 11.5. The van der Waals surface area contributed by atoms with Gasteiger partial charge in [0.2, 0.25) is 5.75 Å². The van der Waals surface area contributed by atoms with Gasteiger partial charge in [-0.05, 0) is 58.2 Å². The third-order valence-corrected chi connectivity index (χ3v) is 5.14. The first kappa shape index (κ1) is 28.9. The zero-order chi connectivity index (χ0) is 27.2. The molecule has 0 saturated heterocycles. The number of H-pyrrole nitrogens is 1. The Kier molecular flexibility index (Phi) is 9.71. The van der Waals surface area contributed by atoms with Gasteiger partial charge in [0.05, 0.1) is 19.3 Å². The molecule has 11 heteroatoms. The molecule has 1 amide bonds. The van der Waals surface area contributed by atoms with Crippen molar-refractivity contribution in [1.29, 1.82) is 0 Å². The SMILES string of the molecule is Cc1cc(CCC(=O)c2nc(C(COC[C@@H](C)O)N(C)C(=O)OC(C)(C)C)[nH]c(=O)c2O)ccc1F. The number of hydrogen-bond acceptors (Lipinski definition) is 8. The number of aromatic nitrogens is 2. The normalized spacial score (nSPS) is 13.2. The van der Waals surface area contributed by atoms with E-state index < -0.39 is 46.6 Å². The molecule has 2 atom stereocenters. The highest BCUT2D eigenvalue weighted by Gasteiger charge is 2.30. The second-order valence-corrected chi connectivity index (χ2v) is 9.65. The van der Waals surface area contributed by atoms with E-state index in [0.29, 0.717) is 11.1 Å². The lowest BCUT2D eigenvalue weighted by Gasteiger charge is -2.30. The number of hydrogen-bond donors (Lipinski definition) is 3. The summed E-state index contributed by atoms with van der Waals surface area (Å²) in [6.07, 6.45) is -1.37. The van der Waals surface area contributed by atoms with Gasteiger partial charge in [-0.3, -0.25) is 14.5 Å². The Labute approximate surface area is 209 Å². The molecule has 0 aliphatic carbocycles. The molecule has 1 unspecified atom stereocenters. The molecule has 0 bridgehead atoms. The van der Waals surface area contributed by atoms with E-state index in [1.807, 2.05) is 0 Å². The van der Waals surface area contributed by atoms with Crippen LogP contribution in [0, 0.1) is 12.7 Å². The number of carbonyl (C=O) groups is 2. The lowest BCUT2D eigenvalue weighted by molar-refractivity contribution is -0.00647. The summed E-state index contributed by atoms with van der Waals surface area (Å²) < 4.78 is 24.4. The molecule has 0 spiro atoms. The average Bonchev–Trinajstić information content (AvgIpc) is 2.77. The largest absolute Gasteiger partial charge is 0.501 e. The van der Waals surface area contributed by atoms with Crippen LogP contribution in [0.4, 0.5) is 9.18 Å². The zero-order valence-corrected chi connectivity index (χ0v) is 21.4. The maximum Gasteiger partial charge on any atom is 0.410 e. The maximum absolute atomic E-state index is 13.5. The second-order valence-electron chi connectivity index (χ2n) is 9.65. The Hall–Kier alpha value is -3.31. The van der Waals surface area contributed by atoms with Crippen LogP contribution >= 0.6 is 0 Å². The third kappa shape index (κ3) is 8.13. The van der Waals surface area contributed by atoms with Crippen LogP contribution in [0.3, 0.4) is 0 Å². The molecule has 2 aromatic rings. The van der Waals surface area contributed by atoms with E-state index >= 15 is 0 Å². The van der Waals surface area contributed by atoms with Crippen molar-refractivity contribution >= 4 is 11.9 Å². The molecular formula is C25H34FN3O7. The van der Waals surface area contributed by atoms with Gasteiger partial charge in [-0.15, -0.1) is 0 Å². The van der Waals surface area contributed by atoms with Crippen LogP contribution in [-0.4, -0.2) is 68.9 Å². The number of aliphatic hydroxyl groups is 1. The molecule has 3 N–H and O–H groups in total. The van der Waals surface area contributed by atoms with Crippen molar-refractivity contribution in [2.45, 2.75) is 65.2 Å². The summed E-state index contributed by atoms with van der Waals surface area (Å²) in [6, 6.07) is 3.47. The van der Waals surface area contributed by atoms with Gasteiger partial charge in [-0.1, -0.05) is 12.1 Å². The topological polar surface area (TPSA) is 142 Å². The van der Waals surface area contributed by atoms with Gasteiger partial charge in [0.25, 0.3) is 5.56 Å². The number of aromatic amines is 1. The quantitative estimate of drug-likeness (QED) is 0.417. The van der Waals surface area contributed by atoms with Crippen molar-refractivity contribution in [3.63, 3.8) is 0 Å². The highest BCUT2D eigenvalue weighted by molar-refractivity contribution is 5.96. The summed E-state index contributed by atoms with van der Waals surface area (Å²) in [4.78, 5) is 45.8. The highest BCUT2D eigenvalue weighted by Crippen LogP contribution is 2.22. The van der Waals surface area contributed by atoms with Crippen LogP contribution in [0.15, 0.2) is 23.0 Å². The predicted octanol–water partition coefficient (Wildman–Crippen LogP) is 3.04. The molecule has 1 heterocycles. The van der Waals surface area contributed by atoms with Crippen molar-refractivity contribution in [1.82, 2.24) is 14.9 Å². The van der Waals surface area contributed by atoms with Crippen LogP contribution in [0.5, 0.6) is 5.75 Å². The standard InChI is InChI=1S/C25H34FN3O7/c1-14-11-16(7-9-17(14)26)8-10-19(31)20-21(32)23(33)28-22(27-20)18(13-35-12-15(2)30)29(6)24(34)36-25(3,4)5/h7,9,11,15,18,30,32H,8,10,12-13H2,1-6H3,(H,27,28,33)/t15-,18?/m1/s1. The summed E-state index contributed by atoms with van der Waals surface area (Å²) in [5.74, 6) is -1.91. The molecule has 0 saturated carbocycles. The average molecular weight is 508 g/mol. The number of carbonyl (C=O) groups excluding carboxylic acids is 2. The fourth-order valence-electron chi connectivity index (χ4n) is 3.26. The minimum atomic E-state index is -1.00. The smallest absolute Gasteiger partial charge is 0.410 e. The third-order valence-electron chi connectivity index (χ3n) is 5.14. The molecular weight excluding hydrogens is 473 g/mol. The van der Waals surface area contributed by atoms with Gasteiger partial charge in [-0.25, -0.2) is 14.2 Å². The first-order valence-electron chi connectivity index (χ1n) is 11.5. The number of amides is 1. The van der Waals surface area contributed by atoms with E-state index in [0.717, 1.165) is 4.90 Å². The predicted molar refractivity (Wildman–Crippen MR) is 130 cm³/mol. The highest BCUT2D eigenvalue weighted by atomic mass is 19.1. The minimum Gasteiger partial charge on any atom is -0.501 e. The van der Waals surface area contributed by atoms with Crippen molar-refractivity contribution in [3.8, 4) is 5.75 Å². The molecule has 0 radical (unpaired) electrons. The number of nitrogens with zero attached hydrogens (tertiary/aromatic N) is 2. The number of ether oxygens (including phenoxy) is 2. The van der Waals surface area contributed by atoms with Crippen molar-refractivity contribution in [2.75, 3.05) is 20.3 Å². The van der Waals surface area contributed by atoms with E-state index in [-0.39, 0.29) is 37.7 Å². The summed E-state index contributed by atoms with van der Waals surface area (Å²) in [7, 11) is 1.41. The van der Waals surface area contributed by atoms with E-state index in [2.05, 4.69) is 9.97 Å². The summed E-state index contributed by atoms with van der Waals surface area (Å²) in [5, 5.41) is 19.8. The first-order chi connectivity index (χ1) is 16.7. The number of aryl methyl sites for hydroxylation is 2. The van der Waals surface area contributed by atoms with E-state index in [9.17, 15) is 29.0 Å². The summed E-state index contributed by atoms with van der Waals surface area (Å²) >= 11 is 0. The Morgan fingerprint density at radius 1 is 1.25 bits per heavy atom. The monoisotopic (exact) mass is 507 g/mol. The fraction of sp³-hybridized carbons (Fsp3) is 0.520. The number of aliphatic hydroxyl groups excluding tert-OH is 1. The number of ketones is 1. The van der Waals surface area contributed by atoms with Crippen LogP contribution in [-0.2, 0) is 15.9 Å². The van der Waals surface area contributed by atoms with Gasteiger partial charge in [0.1, 0.15) is 23.3 Å². The zero-order valence-electron chi connectivity index (χ0n) is 21.4. The summed E-state index contributed by atoms with van der Waals surface area (Å²) in [6.45, 7) is 7.97. The van der Waals surface area contributed by atoms with Gasteiger partial charge >= 0.3 is 6.09 Å². The van der Waals surface area contributed by atoms with E-state index in [4.69, 9.17) is 9.47 Å². The second kappa shape index (κ2) is 12.1. The van der Waals surface area contributed by atoms with Crippen molar-refractivity contribution < 1.29 is 33.7 Å². The van der Waals surface area contributed by atoms with Gasteiger partial charge in [0.15, 0.2) is 11.5 Å². The molecule has 2 rings (SSSR count). The molecule has 198 valence electrons. The van der Waals surface area contributed by atoms with Gasteiger partial charge in [-0.2, -0.15) is 0 Å². The van der Waals surface area contributed by atoms with Gasteiger partial charge < -0.3 is 24.7 Å². The fourth-order valence-corrected chi connectivity index (χ4v) is 3.26. The molecule has 0 fully saturated rings. The molecule has 36 heavy (non-hydrogen) atoms. The number of likely N-dealkylation sites (N-methyl/N-ethyl adjacent to an activating group) is 1. The molecule has 0 aliphatic heterocycles. The maximum atomic E-state index is 13.5. The minimum absolute atomic E-state index is 0.0517. The number of nitrogens with one attached hydrogen (secondary N) is 1. The van der Waals surface area contributed by atoms with Crippen LogP contribution in [0.2, 0.25) is 0 Å². The number of aromatic hydroxyl groups is 1. The van der Waals surface area contributed by atoms with E-state index in [1.54, 1.807) is 39.8 Å². The Morgan fingerprint density at radius 2 is 1.92 bits per heavy atom. The van der Waals surface area contributed by atoms with E-state index in [1.165, 1.54) is 20.0 Å². The Morgan fingerprint density at radius 3 is 2.50 bits per heavy atom. The van der Waals surface area contributed by atoms with Crippen LogP contribution in [0.25, 0.3) is 0 Å².